The van der Waals surface area contributed by atoms with E-state index in [1.807, 2.05) is 17.5 Å². The third-order valence-corrected chi connectivity index (χ3v) is 6.70. The lowest BCUT2D eigenvalue weighted by molar-refractivity contribution is -0.136. The van der Waals surface area contributed by atoms with Crippen LogP contribution in [0.25, 0.3) is 0 Å². The Hall–Kier alpha value is -1.22. The first kappa shape index (κ1) is 15.2. The predicted octanol–water partition coefficient (Wildman–Crippen LogP) is 2.48. The maximum absolute atomic E-state index is 12.2. The van der Waals surface area contributed by atoms with E-state index in [0.29, 0.717) is 4.88 Å². The average Bonchev–Trinajstić information content (AvgIpc) is 2.97. The molecule has 5 nitrogen and oxygen atoms in total. The lowest BCUT2D eigenvalue weighted by Crippen LogP contribution is -2.25. The molecule has 0 aliphatic carbocycles. The molecular formula is C12H13NO4S3. The first-order valence-electron chi connectivity index (χ1n) is 5.75. The summed E-state index contributed by atoms with van der Waals surface area (Å²) in [5.74, 6) is -0.976. The maximum Gasteiger partial charge on any atom is 0.308 e. The number of carbonyl (C=O) groups is 1. The zero-order valence-corrected chi connectivity index (χ0v) is 13.0. The molecule has 0 amide bonds. The monoisotopic (exact) mass is 331 g/mol. The van der Waals surface area contributed by atoms with Gasteiger partial charge in [0.25, 0.3) is 10.0 Å². The fraction of sp³-hybridized carbons (Fsp3) is 0.250. The lowest BCUT2D eigenvalue weighted by atomic mass is 10.3. The number of carboxylic acids is 1. The Labute approximate surface area is 124 Å². The minimum Gasteiger partial charge on any atom is -0.481 e. The van der Waals surface area contributed by atoms with E-state index < -0.39 is 16.0 Å². The van der Waals surface area contributed by atoms with Gasteiger partial charge in [0.2, 0.25) is 0 Å². The summed E-state index contributed by atoms with van der Waals surface area (Å²) in [5, 5.41) is 10.6. The van der Waals surface area contributed by atoms with Crippen LogP contribution in [0, 0.1) is 0 Å². The molecule has 2 N–H and O–H groups in total. The number of nitrogens with one attached hydrogen (secondary N) is 1. The molecule has 1 atom stereocenters. The van der Waals surface area contributed by atoms with E-state index in [-0.39, 0.29) is 16.7 Å². The maximum atomic E-state index is 12.2. The third-order valence-electron chi connectivity index (χ3n) is 2.53. The van der Waals surface area contributed by atoms with Gasteiger partial charge in [-0.1, -0.05) is 6.07 Å². The molecule has 0 saturated carbocycles. The van der Waals surface area contributed by atoms with Crippen molar-refractivity contribution < 1.29 is 18.3 Å². The fourth-order valence-corrected chi connectivity index (χ4v) is 5.03. The number of thiophene rings is 2. The number of hydrogen-bond donors (Lipinski definition) is 2. The van der Waals surface area contributed by atoms with Gasteiger partial charge in [-0.15, -0.1) is 22.7 Å². The zero-order valence-electron chi connectivity index (χ0n) is 10.6. The van der Waals surface area contributed by atoms with Gasteiger partial charge in [-0.2, -0.15) is 0 Å². The molecular weight excluding hydrogens is 318 g/mol. The normalized spacial score (nSPS) is 13.2. The van der Waals surface area contributed by atoms with Gasteiger partial charge >= 0.3 is 5.97 Å². The van der Waals surface area contributed by atoms with Crippen LogP contribution in [0.1, 0.15) is 22.7 Å². The molecule has 108 valence electrons. The summed E-state index contributed by atoms with van der Waals surface area (Å²) in [6.45, 7) is 1.77. The molecule has 0 aromatic carbocycles. The highest BCUT2D eigenvalue weighted by Crippen LogP contribution is 2.25. The molecule has 2 heterocycles. The van der Waals surface area contributed by atoms with Crippen LogP contribution in [-0.2, 0) is 21.2 Å². The highest BCUT2D eigenvalue weighted by atomic mass is 32.2. The Bertz CT molecular complexity index is 688. The van der Waals surface area contributed by atoms with E-state index in [2.05, 4.69) is 4.72 Å². The van der Waals surface area contributed by atoms with Crippen molar-refractivity contribution >= 4 is 38.7 Å². The van der Waals surface area contributed by atoms with Crippen LogP contribution in [0.15, 0.2) is 33.9 Å². The molecule has 8 heteroatoms. The Morgan fingerprint density at radius 1 is 1.40 bits per heavy atom. The number of sulfonamides is 1. The van der Waals surface area contributed by atoms with E-state index in [1.165, 1.54) is 23.5 Å². The fourth-order valence-electron chi connectivity index (χ4n) is 1.63. The lowest BCUT2D eigenvalue weighted by Gasteiger charge is -2.11. The van der Waals surface area contributed by atoms with Gasteiger partial charge in [0, 0.05) is 9.75 Å². The zero-order chi connectivity index (χ0) is 14.8. The van der Waals surface area contributed by atoms with Crippen molar-refractivity contribution in [2.24, 2.45) is 0 Å². The Morgan fingerprint density at radius 2 is 2.15 bits per heavy atom. The number of aliphatic carboxylic acids is 1. The van der Waals surface area contributed by atoms with E-state index in [9.17, 15) is 13.2 Å². The first-order valence-corrected chi connectivity index (χ1v) is 8.92. The van der Waals surface area contributed by atoms with E-state index in [1.54, 1.807) is 6.92 Å². The summed E-state index contributed by atoms with van der Waals surface area (Å²) >= 11 is 2.46. The number of carboxylic acid groups (broad SMARTS) is 1. The summed E-state index contributed by atoms with van der Waals surface area (Å²) < 4.78 is 27.1. The van der Waals surface area contributed by atoms with Gasteiger partial charge in [0.1, 0.15) is 4.21 Å². The average molecular weight is 331 g/mol. The summed E-state index contributed by atoms with van der Waals surface area (Å²) in [4.78, 5) is 12.0. The van der Waals surface area contributed by atoms with Gasteiger partial charge in [-0.05, 0) is 30.5 Å². The second-order valence-electron chi connectivity index (χ2n) is 4.15. The smallest absolute Gasteiger partial charge is 0.308 e. The number of hydrogen-bond acceptors (Lipinski definition) is 5. The number of rotatable bonds is 6. The quantitative estimate of drug-likeness (QED) is 0.852. The minimum absolute atomic E-state index is 0.136. The summed E-state index contributed by atoms with van der Waals surface area (Å²) in [5.41, 5.74) is 0. The van der Waals surface area contributed by atoms with Crippen molar-refractivity contribution in [2.45, 2.75) is 23.6 Å². The molecule has 0 spiro atoms. The van der Waals surface area contributed by atoms with E-state index >= 15 is 0 Å². The van der Waals surface area contributed by atoms with Crippen LogP contribution in [0.3, 0.4) is 0 Å². The van der Waals surface area contributed by atoms with E-state index in [4.69, 9.17) is 5.11 Å². The molecule has 0 aliphatic heterocycles. The van der Waals surface area contributed by atoms with Crippen LogP contribution in [0.4, 0.5) is 0 Å². The van der Waals surface area contributed by atoms with Crippen LogP contribution < -0.4 is 4.72 Å². The topological polar surface area (TPSA) is 83.5 Å². The van der Waals surface area contributed by atoms with Crippen molar-refractivity contribution in [1.82, 2.24) is 4.72 Å². The Balaban J connectivity index is 2.14. The summed E-state index contributed by atoms with van der Waals surface area (Å²) in [6.07, 6.45) is -0.166. The molecule has 0 fully saturated rings. The predicted molar refractivity (Wildman–Crippen MR) is 78.7 cm³/mol. The SMILES string of the molecule is C[C@@H](NS(=O)(=O)c1ccc(CC(=O)O)s1)c1cccs1. The molecule has 2 rings (SSSR count). The Kier molecular flexibility index (Phi) is 4.59. The molecule has 0 bridgehead atoms. The van der Waals surface area contributed by atoms with Gasteiger partial charge in [-0.25, -0.2) is 13.1 Å². The minimum atomic E-state index is -3.62. The molecule has 0 radical (unpaired) electrons. The van der Waals surface area contributed by atoms with Crippen molar-refractivity contribution in [3.63, 3.8) is 0 Å². The van der Waals surface area contributed by atoms with Gasteiger partial charge in [0.05, 0.1) is 12.5 Å². The van der Waals surface area contributed by atoms with Gasteiger partial charge in [-0.3, -0.25) is 4.79 Å². The van der Waals surface area contributed by atoms with Crippen LogP contribution in [0.5, 0.6) is 0 Å². The van der Waals surface area contributed by atoms with Gasteiger partial charge in [0.15, 0.2) is 0 Å². The highest BCUT2D eigenvalue weighted by molar-refractivity contribution is 7.91. The van der Waals surface area contributed by atoms with Crippen LogP contribution >= 0.6 is 22.7 Å². The van der Waals surface area contributed by atoms with Crippen molar-refractivity contribution in [1.29, 1.82) is 0 Å². The van der Waals surface area contributed by atoms with Crippen LogP contribution in [0.2, 0.25) is 0 Å². The largest absolute Gasteiger partial charge is 0.481 e. The van der Waals surface area contributed by atoms with Crippen molar-refractivity contribution in [3.8, 4) is 0 Å². The second kappa shape index (κ2) is 6.04. The van der Waals surface area contributed by atoms with E-state index in [0.717, 1.165) is 16.2 Å². The Morgan fingerprint density at radius 3 is 2.75 bits per heavy atom. The van der Waals surface area contributed by atoms with Gasteiger partial charge < -0.3 is 5.11 Å². The highest BCUT2D eigenvalue weighted by Gasteiger charge is 2.21. The standard InChI is InChI=1S/C12H13NO4S3/c1-8(10-3-2-6-18-10)13-20(16,17)12-5-4-9(19-12)7-11(14)15/h2-6,8,13H,7H2,1H3,(H,14,15)/t8-/m1/s1. The second-order valence-corrected chi connectivity index (χ2v) is 8.24. The molecule has 0 aliphatic rings. The first-order chi connectivity index (χ1) is 9.38. The molecule has 0 saturated heterocycles. The molecule has 20 heavy (non-hydrogen) atoms. The van der Waals surface area contributed by atoms with Crippen molar-refractivity contribution in [3.05, 3.63) is 39.4 Å². The molecule has 2 aromatic rings. The summed E-state index contributed by atoms with van der Waals surface area (Å²) in [7, 11) is -3.62. The summed E-state index contributed by atoms with van der Waals surface area (Å²) in [6, 6.07) is 6.38. The van der Waals surface area contributed by atoms with Crippen molar-refractivity contribution in [2.75, 3.05) is 0 Å². The third kappa shape index (κ3) is 3.66. The molecule has 2 aromatic heterocycles. The van der Waals surface area contributed by atoms with Crippen LogP contribution in [-0.4, -0.2) is 19.5 Å². The molecule has 0 unspecified atom stereocenters.